The van der Waals surface area contributed by atoms with Crippen molar-refractivity contribution in [3.8, 4) is 0 Å². The van der Waals surface area contributed by atoms with Crippen LogP contribution < -0.4 is 10.6 Å². The third-order valence-electron chi connectivity index (χ3n) is 6.03. The van der Waals surface area contributed by atoms with Crippen molar-refractivity contribution in [2.45, 2.75) is 39.6 Å². The molecular weight excluding hydrogens is 579 g/mol. The molecule has 3 N–H and O–H groups in total. The molecule has 4 rings (SSSR count). The minimum absolute atomic E-state index is 0.0466. The van der Waals surface area contributed by atoms with Gasteiger partial charge in [-0.1, -0.05) is 28.1 Å². The lowest BCUT2D eigenvalue weighted by Gasteiger charge is -2.13. The van der Waals surface area contributed by atoms with E-state index in [1.54, 1.807) is 61.9 Å². The quantitative estimate of drug-likeness (QED) is 0.268. The average Bonchev–Trinajstić information content (AvgIpc) is 3.13. The first-order valence-corrected chi connectivity index (χ1v) is 12.7. The summed E-state index contributed by atoms with van der Waals surface area (Å²) in [5.74, 6) is -1.02. The van der Waals surface area contributed by atoms with Gasteiger partial charge in [0.25, 0.3) is 11.8 Å². The van der Waals surface area contributed by atoms with E-state index in [1.807, 2.05) is 0 Å². The predicted molar refractivity (Wildman–Crippen MR) is 144 cm³/mol. The van der Waals surface area contributed by atoms with Gasteiger partial charge in [-0.25, -0.2) is 4.98 Å². The van der Waals surface area contributed by atoms with E-state index < -0.39 is 23.9 Å². The Morgan fingerprint density at radius 3 is 2.41 bits per heavy atom. The average molecular weight is 604 g/mol. The standard InChI is InChI=1S/C27H25BrF3N5O3/c1-14(37)12-32-25(38)18-6-4-17(5-7-18)13-36-16(3)24(15(2)35-36)34-26(39)21-11-23(27(29,30)31)33-22-9-8-19(28)10-20(21)22/h4-11,14,37H,12-13H2,1-3H3,(H,32,38)(H,34,39)/t14-/m1/s1. The number of hydrogen-bond acceptors (Lipinski definition) is 5. The van der Waals surface area contributed by atoms with Crippen LogP contribution in [-0.4, -0.2) is 44.3 Å². The summed E-state index contributed by atoms with van der Waals surface area (Å²) in [5.41, 5.74) is 1.49. The molecule has 0 radical (unpaired) electrons. The first-order chi connectivity index (χ1) is 18.3. The van der Waals surface area contributed by atoms with Crippen LogP contribution in [0.3, 0.4) is 0 Å². The SMILES string of the molecule is Cc1nn(Cc2ccc(C(=O)NC[C@@H](C)O)cc2)c(C)c1NC(=O)c1cc(C(F)(F)F)nc2ccc(Br)cc12. The molecule has 2 aromatic carbocycles. The number of nitrogens with one attached hydrogen (secondary N) is 2. The summed E-state index contributed by atoms with van der Waals surface area (Å²) < 4.78 is 42.7. The maximum atomic E-state index is 13.5. The van der Waals surface area contributed by atoms with Gasteiger partial charge in [-0.2, -0.15) is 18.3 Å². The van der Waals surface area contributed by atoms with Gasteiger partial charge >= 0.3 is 6.18 Å². The number of nitrogens with zero attached hydrogens (tertiary/aromatic N) is 3. The molecule has 2 heterocycles. The largest absolute Gasteiger partial charge is 0.433 e. The predicted octanol–water partition coefficient (Wildman–Crippen LogP) is 5.24. The highest BCUT2D eigenvalue weighted by atomic mass is 79.9. The first kappa shape index (κ1) is 28.2. The molecule has 2 amide bonds. The number of aliphatic hydroxyl groups excluding tert-OH is 1. The van der Waals surface area contributed by atoms with Gasteiger partial charge in [-0.3, -0.25) is 14.3 Å². The summed E-state index contributed by atoms with van der Waals surface area (Å²) in [6.07, 6.45) is -5.37. The number of carbonyl (C=O) groups is 2. The molecule has 0 saturated carbocycles. The minimum atomic E-state index is -4.72. The zero-order valence-electron chi connectivity index (χ0n) is 21.2. The van der Waals surface area contributed by atoms with Crippen molar-refractivity contribution in [2.24, 2.45) is 0 Å². The normalized spacial score (nSPS) is 12.4. The molecule has 1 atom stereocenters. The zero-order chi connectivity index (χ0) is 28.5. The summed E-state index contributed by atoms with van der Waals surface area (Å²) in [5, 5.41) is 19.4. The third kappa shape index (κ3) is 6.45. The lowest BCUT2D eigenvalue weighted by atomic mass is 10.1. The molecule has 204 valence electrons. The highest BCUT2D eigenvalue weighted by molar-refractivity contribution is 9.10. The van der Waals surface area contributed by atoms with Crippen LogP contribution in [0.25, 0.3) is 10.9 Å². The number of aryl methyl sites for hydroxylation is 1. The monoisotopic (exact) mass is 603 g/mol. The van der Waals surface area contributed by atoms with Crippen molar-refractivity contribution < 1.29 is 27.9 Å². The number of fused-ring (bicyclic) bond motifs is 1. The van der Waals surface area contributed by atoms with E-state index in [0.717, 1.165) is 11.6 Å². The van der Waals surface area contributed by atoms with Crippen LogP contribution in [0, 0.1) is 13.8 Å². The van der Waals surface area contributed by atoms with Crippen LogP contribution in [-0.2, 0) is 12.7 Å². The maximum absolute atomic E-state index is 13.5. The maximum Gasteiger partial charge on any atom is 0.433 e. The lowest BCUT2D eigenvalue weighted by Crippen LogP contribution is -2.30. The number of aromatic nitrogens is 3. The summed E-state index contributed by atoms with van der Waals surface area (Å²) in [6.45, 7) is 5.49. The van der Waals surface area contributed by atoms with Gasteiger partial charge in [-0.15, -0.1) is 0 Å². The molecule has 8 nitrogen and oxygen atoms in total. The van der Waals surface area contributed by atoms with Gasteiger partial charge in [0, 0.05) is 22.0 Å². The zero-order valence-corrected chi connectivity index (χ0v) is 22.8. The van der Waals surface area contributed by atoms with E-state index in [0.29, 0.717) is 33.7 Å². The Labute approximate surface area is 230 Å². The van der Waals surface area contributed by atoms with Crippen molar-refractivity contribution >= 4 is 44.3 Å². The van der Waals surface area contributed by atoms with E-state index >= 15 is 0 Å². The van der Waals surface area contributed by atoms with E-state index in [9.17, 15) is 27.9 Å². The highest BCUT2D eigenvalue weighted by Gasteiger charge is 2.34. The Morgan fingerprint density at radius 2 is 1.77 bits per heavy atom. The number of amides is 2. The molecule has 0 aliphatic heterocycles. The van der Waals surface area contributed by atoms with E-state index in [4.69, 9.17) is 0 Å². The Kier molecular flexibility index (Phi) is 8.07. The van der Waals surface area contributed by atoms with E-state index in [2.05, 4.69) is 36.6 Å². The Balaban J connectivity index is 1.58. The van der Waals surface area contributed by atoms with Crippen molar-refractivity contribution in [1.82, 2.24) is 20.1 Å². The molecule has 0 unspecified atom stereocenters. The second-order valence-corrected chi connectivity index (χ2v) is 10.0. The van der Waals surface area contributed by atoms with Crippen LogP contribution in [0.15, 0.2) is 53.0 Å². The number of anilines is 1. The van der Waals surface area contributed by atoms with Crippen LogP contribution in [0.4, 0.5) is 18.9 Å². The summed E-state index contributed by atoms with van der Waals surface area (Å²) in [6, 6.07) is 12.1. The van der Waals surface area contributed by atoms with Crippen LogP contribution in [0.2, 0.25) is 0 Å². The van der Waals surface area contributed by atoms with Gasteiger partial charge in [0.1, 0.15) is 5.69 Å². The smallest absolute Gasteiger partial charge is 0.392 e. The Bertz CT molecular complexity index is 1550. The number of carbonyl (C=O) groups excluding carboxylic acids is 2. The number of pyridine rings is 1. The van der Waals surface area contributed by atoms with Crippen LogP contribution in [0.1, 0.15) is 50.3 Å². The van der Waals surface area contributed by atoms with E-state index in [-0.39, 0.29) is 28.9 Å². The Hall–Kier alpha value is -3.77. The molecule has 2 aromatic heterocycles. The van der Waals surface area contributed by atoms with Crippen molar-refractivity contribution in [1.29, 1.82) is 0 Å². The fourth-order valence-electron chi connectivity index (χ4n) is 4.02. The van der Waals surface area contributed by atoms with Crippen LogP contribution in [0.5, 0.6) is 0 Å². The first-order valence-electron chi connectivity index (χ1n) is 11.9. The number of aliphatic hydroxyl groups is 1. The molecule has 12 heteroatoms. The second kappa shape index (κ2) is 11.1. The molecule has 0 spiro atoms. The third-order valence-corrected chi connectivity index (χ3v) is 6.53. The van der Waals surface area contributed by atoms with E-state index in [1.165, 1.54) is 6.07 Å². The molecule has 0 bridgehead atoms. The molecule has 4 aromatic rings. The second-order valence-electron chi connectivity index (χ2n) is 9.13. The molecule has 0 aliphatic carbocycles. The van der Waals surface area contributed by atoms with Gasteiger partial charge in [-0.05, 0) is 62.7 Å². The number of alkyl halides is 3. The lowest BCUT2D eigenvalue weighted by molar-refractivity contribution is -0.141. The van der Waals surface area contributed by atoms with Crippen molar-refractivity contribution in [3.05, 3.63) is 86.8 Å². The van der Waals surface area contributed by atoms with Crippen molar-refractivity contribution in [3.63, 3.8) is 0 Å². The Morgan fingerprint density at radius 1 is 1.08 bits per heavy atom. The minimum Gasteiger partial charge on any atom is -0.392 e. The highest BCUT2D eigenvalue weighted by Crippen LogP contribution is 2.32. The summed E-state index contributed by atoms with van der Waals surface area (Å²) >= 11 is 3.30. The van der Waals surface area contributed by atoms with Crippen LogP contribution >= 0.6 is 15.9 Å². The summed E-state index contributed by atoms with van der Waals surface area (Å²) in [7, 11) is 0. The van der Waals surface area contributed by atoms with Gasteiger partial charge in [0.2, 0.25) is 0 Å². The van der Waals surface area contributed by atoms with Gasteiger partial charge < -0.3 is 15.7 Å². The molecule has 39 heavy (non-hydrogen) atoms. The number of hydrogen-bond donors (Lipinski definition) is 3. The molecule has 0 saturated heterocycles. The van der Waals surface area contributed by atoms with Gasteiger partial charge in [0.15, 0.2) is 0 Å². The number of rotatable bonds is 7. The number of halogens is 4. The molecule has 0 fully saturated rings. The molecular formula is C27H25BrF3N5O3. The van der Waals surface area contributed by atoms with Crippen molar-refractivity contribution in [2.75, 3.05) is 11.9 Å². The fourth-order valence-corrected chi connectivity index (χ4v) is 4.38. The topological polar surface area (TPSA) is 109 Å². The fraction of sp³-hybridized carbons (Fsp3) is 0.259. The molecule has 0 aliphatic rings. The summed E-state index contributed by atoms with van der Waals surface area (Å²) in [4.78, 5) is 29.1. The number of benzene rings is 2. The van der Waals surface area contributed by atoms with Gasteiger partial charge in [0.05, 0.1) is 40.8 Å².